The molecule has 0 saturated heterocycles. The fourth-order valence-corrected chi connectivity index (χ4v) is 2.07. The van der Waals surface area contributed by atoms with Crippen LogP contribution in [0, 0.1) is 0 Å². The van der Waals surface area contributed by atoms with Gasteiger partial charge in [0.05, 0.1) is 13.2 Å². The number of rotatable bonds is 7. The molecule has 2 aromatic rings. The Bertz CT molecular complexity index is 516. The zero-order valence-corrected chi connectivity index (χ0v) is 12.0. The smallest absolute Gasteiger partial charge is 0.134 e. The molecule has 1 N–H and O–H groups in total. The molecule has 0 saturated carbocycles. The largest absolute Gasteiger partial charge is 0.459 e. The second kappa shape index (κ2) is 6.73. The highest BCUT2D eigenvalue weighted by Gasteiger charge is 2.13. The van der Waals surface area contributed by atoms with Gasteiger partial charge < -0.3 is 14.5 Å². The minimum Gasteiger partial charge on any atom is -0.459 e. The average molecular weight is 261 g/mol. The van der Waals surface area contributed by atoms with E-state index in [0.29, 0.717) is 12.6 Å². The Morgan fingerprint density at radius 2 is 2.05 bits per heavy atom. The summed E-state index contributed by atoms with van der Waals surface area (Å²) in [6.07, 6.45) is 1.04. The van der Waals surface area contributed by atoms with Crippen LogP contribution in [-0.4, -0.2) is 12.6 Å². The Hall–Kier alpha value is -1.32. The molecule has 3 nitrogen and oxygen atoms in total. The van der Waals surface area contributed by atoms with Crippen molar-refractivity contribution < 1.29 is 9.15 Å². The van der Waals surface area contributed by atoms with Gasteiger partial charge in [-0.1, -0.05) is 39.0 Å². The summed E-state index contributed by atoms with van der Waals surface area (Å²) >= 11 is 0. The molecule has 1 aromatic heterocycles. The third-order valence-electron chi connectivity index (χ3n) is 3.05. The number of hydrogen-bond donors (Lipinski definition) is 1. The summed E-state index contributed by atoms with van der Waals surface area (Å²) in [5.41, 5.74) is 2.12. The molecule has 0 aliphatic rings. The zero-order chi connectivity index (χ0) is 13.7. The SMILES string of the molecule is CCCOCc1c(CNC(C)C)oc2ccccc12. The van der Waals surface area contributed by atoms with Gasteiger partial charge in [0.15, 0.2) is 0 Å². The van der Waals surface area contributed by atoms with E-state index in [1.807, 2.05) is 18.2 Å². The van der Waals surface area contributed by atoms with E-state index in [2.05, 4.69) is 32.2 Å². The first-order valence-corrected chi connectivity index (χ1v) is 7.02. The van der Waals surface area contributed by atoms with Gasteiger partial charge in [-0.3, -0.25) is 0 Å². The number of benzene rings is 1. The average Bonchev–Trinajstić information content (AvgIpc) is 2.75. The molecule has 0 bridgehead atoms. The van der Waals surface area contributed by atoms with Crippen LogP contribution in [0.5, 0.6) is 0 Å². The first kappa shape index (κ1) is 14.1. The molecule has 3 heteroatoms. The Morgan fingerprint density at radius 1 is 1.26 bits per heavy atom. The van der Waals surface area contributed by atoms with Crippen LogP contribution in [0.25, 0.3) is 11.0 Å². The number of hydrogen-bond acceptors (Lipinski definition) is 3. The molecule has 0 amide bonds. The lowest BCUT2D eigenvalue weighted by Crippen LogP contribution is -2.22. The van der Waals surface area contributed by atoms with Gasteiger partial charge in [-0.2, -0.15) is 0 Å². The van der Waals surface area contributed by atoms with Crippen molar-refractivity contribution in [3.8, 4) is 0 Å². The van der Waals surface area contributed by atoms with Crippen LogP contribution in [0.15, 0.2) is 28.7 Å². The molecule has 0 fully saturated rings. The van der Waals surface area contributed by atoms with Gasteiger partial charge in [0.25, 0.3) is 0 Å². The molecule has 19 heavy (non-hydrogen) atoms. The predicted octanol–water partition coefficient (Wildman–Crippen LogP) is 3.86. The minimum absolute atomic E-state index is 0.442. The molecule has 0 atom stereocenters. The molecule has 1 aromatic carbocycles. The fraction of sp³-hybridized carbons (Fsp3) is 0.500. The molecular formula is C16H23NO2. The van der Waals surface area contributed by atoms with Gasteiger partial charge in [-0.25, -0.2) is 0 Å². The molecule has 0 aliphatic carbocycles. The Labute approximate surface area is 114 Å². The Morgan fingerprint density at radius 3 is 2.79 bits per heavy atom. The summed E-state index contributed by atoms with van der Waals surface area (Å²) in [6.45, 7) is 8.55. The van der Waals surface area contributed by atoms with Crippen LogP contribution in [0.1, 0.15) is 38.5 Å². The standard InChI is InChI=1S/C16H23NO2/c1-4-9-18-11-14-13-7-5-6-8-15(13)19-16(14)10-17-12(2)3/h5-8,12,17H,4,9-11H2,1-3H3. The van der Waals surface area contributed by atoms with Crippen LogP contribution in [0.2, 0.25) is 0 Å². The second-order valence-electron chi connectivity index (χ2n) is 5.09. The normalized spacial score (nSPS) is 11.6. The van der Waals surface area contributed by atoms with Crippen molar-refractivity contribution in [2.24, 2.45) is 0 Å². The van der Waals surface area contributed by atoms with Crippen LogP contribution in [0.3, 0.4) is 0 Å². The lowest BCUT2D eigenvalue weighted by atomic mass is 10.1. The highest BCUT2D eigenvalue weighted by molar-refractivity contribution is 5.82. The lowest BCUT2D eigenvalue weighted by Gasteiger charge is -2.08. The van der Waals surface area contributed by atoms with E-state index in [1.54, 1.807) is 0 Å². The first-order chi connectivity index (χ1) is 9.22. The van der Waals surface area contributed by atoms with Crippen molar-refractivity contribution in [1.82, 2.24) is 5.32 Å². The Kier molecular flexibility index (Phi) is 5.00. The van der Waals surface area contributed by atoms with Crippen molar-refractivity contribution in [2.45, 2.75) is 46.4 Å². The van der Waals surface area contributed by atoms with E-state index in [4.69, 9.17) is 9.15 Å². The molecular weight excluding hydrogens is 238 g/mol. The third-order valence-corrected chi connectivity index (χ3v) is 3.05. The van der Waals surface area contributed by atoms with Crippen LogP contribution < -0.4 is 5.32 Å². The molecule has 1 heterocycles. The summed E-state index contributed by atoms with van der Waals surface area (Å²) in [4.78, 5) is 0. The van der Waals surface area contributed by atoms with Crippen LogP contribution in [0.4, 0.5) is 0 Å². The summed E-state index contributed by atoms with van der Waals surface area (Å²) < 4.78 is 11.6. The molecule has 0 radical (unpaired) electrons. The maximum absolute atomic E-state index is 5.94. The maximum atomic E-state index is 5.94. The van der Waals surface area contributed by atoms with Crippen molar-refractivity contribution in [1.29, 1.82) is 0 Å². The maximum Gasteiger partial charge on any atom is 0.134 e. The number of para-hydroxylation sites is 1. The Balaban J connectivity index is 2.23. The molecule has 2 rings (SSSR count). The lowest BCUT2D eigenvalue weighted by molar-refractivity contribution is 0.121. The van der Waals surface area contributed by atoms with Crippen molar-refractivity contribution >= 4 is 11.0 Å². The predicted molar refractivity (Wildman–Crippen MR) is 78.1 cm³/mol. The van der Waals surface area contributed by atoms with Gasteiger partial charge in [-0.05, 0) is 12.5 Å². The van der Waals surface area contributed by atoms with Crippen molar-refractivity contribution in [2.75, 3.05) is 6.61 Å². The number of ether oxygens (including phenoxy) is 1. The minimum atomic E-state index is 0.442. The van der Waals surface area contributed by atoms with Gasteiger partial charge in [0.2, 0.25) is 0 Å². The van der Waals surface area contributed by atoms with Gasteiger partial charge in [-0.15, -0.1) is 0 Å². The topological polar surface area (TPSA) is 34.4 Å². The summed E-state index contributed by atoms with van der Waals surface area (Å²) in [6, 6.07) is 8.60. The molecule has 104 valence electrons. The molecule has 0 spiro atoms. The van der Waals surface area contributed by atoms with E-state index in [1.165, 1.54) is 10.9 Å². The third kappa shape index (κ3) is 3.58. The van der Waals surface area contributed by atoms with E-state index >= 15 is 0 Å². The highest BCUT2D eigenvalue weighted by atomic mass is 16.5. The van der Waals surface area contributed by atoms with Crippen molar-refractivity contribution in [3.05, 3.63) is 35.6 Å². The highest BCUT2D eigenvalue weighted by Crippen LogP contribution is 2.26. The second-order valence-corrected chi connectivity index (χ2v) is 5.09. The van der Waals surface area contributed by atoms with E-state index < -0.39 is 0 Å². The quantitative estimate of drug-likeness (QED) is 0.769. The first-order valence-electron chi connectivity index (χ1n) is 7.02. The van der Waals surface area contributed by atoms with E-state index in [9.17, 15) is 0 Å². The molecule has 0 aliphatic heterocycles. The number of furan rings is 1. The summed E-state index contributed by atoms with van der Waals surface area (Å²) in [5.74, 6) is 0.992. The van der Waals surface area contributed by atoms with Crippen LogP contribution in [-0.2, 0) is 17.9 Å². The molecule has 0 unspecified atom stereocenters. The van der Waals surface area contributed by atoms with Crippen molar-refractivity contribution in [3.63, 3.8) is 0 Å². The summed E-state index contributed by atoms with van der Waals surface area (Å²) in [5, 5.41) is 4.57. The fourth-order valence-electron chi connectivity index (χ4n) is 2.07. The summed E-state index contributed by atoms with van der Waals surface area (Å²) in [7, 11) is 0. The van der Waals surface area contributed by atoms with Gasteiger partial charge in [0.1, 0.15) is 11.3 Å². The van der Waals surface area contributed by atoms with E-state index in [-0.39, 0.29) is 0 Å². The number of nitrogens with one attached hydrogen (secondary N) is 1. The van der Waals surface area contributed by atoms with Gasteiger partial charge in [0, 0.05) is 23.6 Å². The number of fused-ring (bicyclic) bond motifs is 1. The van der Waals surface area contributed by atoms with E-state index in [0.717, 1.165) is 30.9 Å². The van der Waals surface area contributed by atoms with Crippen LogP contribution >= 0.6 is 0 Å². The van der Waals surface area contributed by atoms with Gasteiger partial charge >= 0.3 is 0 Å². The zero-order valence-electron chi connectivity index (χ0n) is 12.0. The monoisotopic (exact) mass is 261 g/mol.